The molecule has 1 amide bonds. The van der Waals surface area contributed by atoms with Gasteiger partial charge in [-0.3, -0.25) is 4.79 Å². The van der Waals surface area contributed by atoms with Crippen molar-refractivity contribution in [1.29, 1.82) is 0 Å². The molecule has 166 valence electrons. The van der Waals surface area contributed by atoms with Crippen molar-refractivity contribution >= 4 is 18.3 Å². The van der Waals surface area contributed by atoms with Gasteiger partial charge in [-0.05, 0) is 44.1 Å². The number of fused-ring (bicyclic) bond motifs is 2. The fraction of sp³-hybridized carbons (Fsp3) is 0.542. The number of carbonyl (C=O) groups excluding carboxylic acids is 1. The van der Waals surface area contributed by atoms with E-state index in [1.54, 1.807) is 0 Å². The van der Waals surface area contributed by atoms with Crippen molar-refractivity contribution in [2.45, 2.75) is 56.6 Å². The maximum atomic E-state index is 13.1. The maximum absolute atomic E-state index is 13.1. The summed E-state index contributed by atoms with van der Waals surface area (Å²) >= 11 is 0. The third-order valence-electron chi connectivity index (χ3n) is 7.02. The Bertz CT molecular complexity index is 915. The smallest absolute Gasteiger partial charge is 0.225 e. The molecule has 2 N–H and O–H groups in total. The Hall–Kier alpha value is -2.02. The predicted octanol–water partition coefficient (Wildman–Crippen LogP) is 3.47. The average Bonchev–Trinajstić information content (AvgIpc) is 2.80. The van der Waals surface area contributed by atoms with E-state index in [1.807, 2.05) is 41.4 Å². The zero-order valence-corrected chi connectivity index (χ0v) is 18.7. The van der Waals surface area contributed by atoms with Gasteiger partial charge >= 0.3 is 0 Å². The number of amides is 1. The third-order valence-corrected chi connectivity index (χ3v) is 7.02. The maximum Gasteiger partial charge on any atom is 0.225 e. The number of hydrogen-bond acceptors (Lipinski definition) is 5. The minimum atomic E-state index is -0.403. The van der Waals surface area contributed by atoms with E-state index in [2.05, 4.69) is 4.98 Å². The Morgan fingerprint density at radius 1 is 1.16 bits per heavy atom. The van der Waals surface area contributed by atoms with Crippen LogP contribution < -0.4 is 5.73 Å². The van der Waals surface area contributed by atoms with Crippen molar-refractivity contribution in [3.63, 3.8) is 0 Å². The molecule has 2 atom stereocenters. The number of halogens is 1. The van der Waals surface area contributed by atoms with Gasteiger partial charge < -0.3 is 15.4 Å². The molecule has 0 radical (unpaired) electrons. The normalized spacial score (nSPS) is 24.9. The Morgan fingerprint density at radius 3 is 2.68 bits per heavy atom. The van der Waals surface area contributed by atoms with Gasteiger partial charge in [0.25, 0.3) is 0 Å². The number of nitrogens with zero attached hydrogens (tertiary/aromatic N) is 3. The highest BCUT2D eigenvalue weighted by molar-refractivity contribution is 5.85. The first-order valence-corrected chi connectivity index (χ1v) is 11.2. The monoisotopic (exact) mass is 442 g/mol. The van der Waals surface area contributed by atoms with Gasteiger partial charge in [-0.25, -0.2) is 9.97 Å². The minimum Gasteiger partial charge on any atom is -0.368 e. The van der Waals surface area contributed by atoms with E-state index in [0.717, 1.165) is 62.0 Å². The second kappa shape index (κ2) is 9.23. The molecule has 3 heterocycles. The van der Waals surface area contributed by atoms with Crippen LogP contribution in [0.25, 0.3) is 11.4 Å². The Balaban J connectivity index is 0.00000231. The molecule has 2 aliphatic heterocycles. The van der Waals surface area contributed by atoms with Gasteiger partial charge in [0, 0.05) is 36.8 Å². The van der Waals surface area contributed by atoms with E-state index in [-0.39, 0.29) is 30.3 Å². The number of carbonyl (C=O) groups is 1. The Kier molecular flexibility index (Phi) is 6.60. The van der Waals surface area contributed by atoms with Crippen LogP contribution >= 0.6 is 12.4 Å². The Morgan fingerprint density at radius 2 is 1.94 bits per heavy atom. The number of aromatic nitrogens is 2. The summed E-state index contributed by atoms with van der Waals surface area (Å²) in [5.41, 5.74) is 8.93. The lowest BCUT2D eigenvalue weighted by atomic mass is 9.81. The molecule has 1 spiro atoms. The summed E-state index contributed by atoms with van der Waals surface area (Å²) in [5.74, 6) is 1.12. The fourth-order valence-corrected chi connectivity index (χ4v) is 5.31. The van der Waals surface area contributed by atoms with Crippen molar-refractivity contribution in [3.05, 3.63) is 47.8 Å². The molecule has 1 saturated heterocycles. The number of nitrogens with two attached hydrogens (primary N) is 1. The molecule has 1 aromatic heterocycles. The summed E-state index contributed by atoms with van der Waals surface area (Å²) in [6.07, 6.45) is 8.29. The van der Waals surface area contributed by atoms with Crippen LogP contribution in [0.2, 0.25) is 0 Å². The van der Waals surface area contributed by atoms with E-state index in [0.29, 0.717) is 19.7 Å². The van der Waals surface area contributed by atoms with Gasteiger partial charge in [0.2, 0.25) is 5.91 Å². The molecule has 0 bridgehead atoms. The van der Waals surface area contributed by atoms with Crippen molar-refractivity contribution in [2.75, 3.05) is 19.7 Å². The first-order valence-electron chi connectivity index (χ1n) is 11.2. The first-order chi connectivity index (χ1) is 14.6. The molecule has 1 saturated carbocycles. The highest BCUT2D eigenvalue weighted by Gasteiger charge is 2.44. The SMILES string of the molecule is Cl.N[C@H]1CCC[C@@H](C(=O)N2CCC3(CC2)OCCc2cnc(-c4ccccc4)nc23)C1. The highest BCUT2D eigenvalue weighted by Crippen LogP contribution is 2.41. The van der Waals surface area contributed by atoms with E-state index in [4.69, 9.17) is 15.5 Å². The van der Waals surface area contributed by atoms with E-state index < -0.39 is 5.60 Å². The van der Waals surface area contributed by atoms with Gasteiger partial charge in [0.15, 0.2) is 5.82 Å². The van der Waals surface area contributed by atoms with Gasteiger partial charge in [0.05, 0.1) is 12.3 Å². The lowest BCUT2D eigenvalue weighted by Gasteiger charge is -2.45. The molecule has 2 aromatic rings. The molecule has 1 aliphatic carbocycles. The topological polar surface area (TPSA) is 81.3 Å². The number of piperidine rings is 1. The van der Waals surface area contributed by atoms with Crippen molar-refractivity contribution in [1.82, 2.24) is 14.9 Å². The molecule has 0 unspecified atom stereocenters. The molecule has 31 heavy (non-hydrogen) atoms. The van der Waals surface area contributed by atoms with Crippen LogP contribution in [0, 0.1) is 5.92 Å². The second-order valence-electron chi connectivity index (χ2n) is 8.98. The summed E-state index contributed by atoms with van der Waals surface area (Å²) < 4.78 is 6.37. The van der Waals surface area contributed by atoms with Crippen LogP contribution in [0.5, 0.6) is 0 Å². The number of benzene rings is 1. The van der Waals surface area contributed by atoms with Crippen molar-refractivity contribution < 1.29 is 9.53 Å². The van der Waals surface area contributed by atoms with Crippen LogP contribution in [0.15, 0.2) is 36.5 Å². The number of hydrogen-bond donors (Lipinski definition) is 1. The van der Waals surface area contributed by atoms with Crippen LogP contribution in [0.1, 0.15) is 49.8 Å². The van der Waals surface area contributed by atoms with E-state index in [9.17, 15) is 4.79 Å². The molecule has 7 heteroatoms. The van der Waals surface area contributed by atoms with Gasteiger partial charge in [-0.1, -0.05) is 36.8 Å². The van der Waals surface area contributed by atoms with Crippen molar-refractivity contribution in [2.24, 2.45) is 11.7 Å². The van der Waals surface area contributed by atoms with Gasteiger partial charge in [-0.15, -0.1) is 12.4 Å². The summed E-state index contributed by atoms with van der Waals surface area (Å²) in [4.78, 5) is 24.7. The molecule has 2 fully saturated rings. The zero-order valence-electron chi connectivity index (χ0n) is 17.8. The van der Waals surface area contributed by atoms with Gasteiger partial charge in [0.1, 0.15) is 5.60 Å². The lowest BCUT2D eigenvalue weighted by Crippen LogP contribution is -2.51. The fourth-order valence-electron chi connectivity index (χ4n) is 5.31. The highest BCUT2D eigenvalue weighted by atomic mass is 35.5. The summed E-state index contributed by atoms with van der Waals surface area (Å²) in [7, 11) is 0. The second-order valence-corrected chi connectivity index (χ2v) is 8.98. The molecular weight excluding hydrogens is 412 g/mol. The standard InChI is InChI=1S/C24H30N4O2.ClH/c25-20-8-4-7-18(15-20)23(29)28-12-10-24(11-13-28)21-19(9-14-30-24)16-26-22(27-21)17-5-2-1-3-6-17;/h1-3,5-6,16,18,20H,4,7-15,25H2;1H/t18-,20+;/m1./s1. The molecule has 3 aliphatic rings. The summed E-state index contributed by atoms with van der Waals surface area (Å²) in [6.45, 7) is 2.12. The first kappa shape index (κ1) is 22.2. The molecule has 6 nitrogen and oxygen atoms in total. The quantitative estimate of drug-likeness (QED) is 0.770. The minimum absolute atomic E-state index is 0. The Labute approximate surface area is 190 Å². The van der Waals surface area contributed by atoms with E-state index >= 15 is 0 Å². The number of rotatable bonds is 2. The van der Waals surface area contributed by atoms with Crippen LogP contribution in [0.3, 0.4) is 0 Å². The van der Waals surface area contributed by atoms with Crippen LogP contribution in [-0.2, 0) is 21.6 Å². The molecular formula is C24H31ClN4O2. The predicted molar refractivity (Wildman–Crippen MR) is 122 cm³/mol. The lowest BCUT2D eigenvalue weighted by molar-refractivity contribution is -0.146. The van der Waals surface area contributed by atoms with Crippen LogP contribution in [-0.4, -0.2) is 46.5 Å². The summed E-state index contributed by atoms with van der Waals surface area (Å²) in [5, 5.41) is 0. The molecule has 1 aromatic carbocycles. The zero-order chi connectivity index (χ0) is 20.6. The van der Waals surface area contributed by atoms with Crippen LogP contribution in [0.4, 0.5) is 0 Å². The number of ether oxygens (including phenoxy) is 1. The molecule has 5 rings (SSSR count). The van der Waals surface area contributed by atoms with E-state index in [1.165, 1.54) is 5.56 Å². The van der Waals surface area contributed by atoms with Gasteiger partial charge in [-0.2, -0.15) is 0 Å². The average molecular weight is 443 g/mol. The largest absolute Gasteiger partial charge is 0.368 e. The van der Waals surface area contributed by atoms with Crippen molar-refractivity contribution in [3.8, 4) is 11.4 Å². The summed E-state index contributed by atoms with van der Waals surface area (Å²) in [6, 6.07) is 10.3. The number of likely N-dealkylation sites (tertiary alicyclic amines) is 1. The third kappa shape index (κ3) is 4.34.